The number of fused-ring (bicyclic) bond motifs is 5. The van der Waals surface area contributed by atoms with Gasteiger partial charge in [-0.1, -0.05) is 53.6 Å². The van der Waals surface area contributed by atoms with Gasteiger partial charge in [0.1, 0.15) is 16.3 Å². The lowest BCUT2D eigenvalue weighted by Gasteiger charge is -2.14. The van der Waals surface area contributed by atoms with Gasteiger partial charge in [-0.05, 0) is 78.6 Å². The third-order valence-corrected chi connectivity index (χ3v) is 9.81. The molecule has 1 amide bonds. The van der Waals surface area contributed by atoms with Crippen LogP contribution in [0.2, 0.25) is 10.0 Å². The molecule has 9 nitrogen and oxygen atoms in total. The Morgan fingerprint density at radius 1 is 1.04 bits per heavy atom. The first-order chi connectivity index (χ1) is 21.5. The lowest BCUT2D eigenvalue weighted by Crippen LogP contribution is -2.13. The van der Waals surface area contributed by atoms with Gasteiger partial charge in [0, 0.05) is 27.0 Å². The number of carbonyl (C=O) groups is 1. The number of aromatic hydroxyl groups is 1. The number of allylic oxidation sites excluding steroid dienone is 3. The number of rotatable bonds is 6. The Kier molecular flexibility index (Phi) is 8.23. The zero-order valence-corrected chi connectivity index (χ0v) is 26.9. The van der Waals surface area contributed by atoms with Crippen molar-refractivity contribution in [2.45, 2.75) is 23.1 Å². The topological polar surface area (TPSA) is 144 Å². The van der Waals surface area contributed by atoms with E-state index in [1.165, 1.54) is 0 Å². The summed E-state index contributed by atoms with van der Waals surface area (Å²) in [5.74, 6) is -0.980. The Morgan fingerprint density at radius 3 is 2.58 bits per heavy atom. The van der Waals surface area contributed by atoms with Crippen LogP contribution in [0.1, 0.15) is 27.2 Å². The van der Waals surface area contributed by atoms with E-state index < -0.39 is 26.7 Å². The molecule has 1 heterocycles. The standard InChI is InChI=1S/C32H24Cl2N4O5S2/c1-16-12-18(44-2)9-11-24(16)36-32(40)21-13-17-8-10-20-19-6-4-3-5-7-25(19)35-29(20)28(17)30(31(21)39)38-37-26-14-23(34)27(15-22(26)33)45(41,42)43/h3-5,7-15,35,39H,6H2,1-2H3,(H,36,40)(H,41,42,43). The van der Waals surface area contributed by atoms with Crippen LogP contribution in [0.25, 0.3) is 27.8 Å². The summed E-state index contributed by atoms with van der Waals surface area (Å²) in [6.07, 6.45) is 10.5. The van der Waals surface area contributed by atoms with Gasteiger partial charge in [0.25, 0.3) is 16.0 Å². The predicted molar refractivity (Wildman–Crippen MR) is 181 cm³/mol. The van der Waals surface area contributed by atoms with Gasteiger partial charge in [0.05, 0.1) is 21.1 Å². The molecule has 4 N–H and O–H groups in total. The van der Waals surface area contributed by atoms with Crippen LogP contribution in [0.4, 0.5) is 17.1 Å². The number of azo groups is 1. The van der Waals surface area contributed by atoms with Crippen molar-refractivity contribution in [1.29, 1.82) is 0 Å². The van der Waals surface area contributed by atoms with Gasteiger partial charge in [0.15, 0.2) is 5.75 Å². The number of carbonyl (C=O) groups excluding carboxylic acids is 1. The molecule has 0 saturated carbocycles. The number of aromatic nitrogens is 1. The first kappa shape index (κ1) is 30.9. The third-order valence-electron chi connectivity index (χ3n) is 7.46. The summed E-state index contributed by atoms with van der Waals surface area (Å²) in [5, 5.41) is 24.6. The normalized spacial score (nSPS) is 13.1. The van der Waals surface area contributed by atoms with E-state index in [1.807, 2.05) is 61.7 Å². The van der Waals surface area contributed by atoms with E-state index in [0.717, 1.165) is 39.2 Å². The van der Waals surface area contributed by atoms with Crippen LogP contribution in [-0.4, -0.2) is 35.2 Å². The number of nitrogens with zero attached hydrogens (tertiary/aromatic N) is 2. The van der Waals surface area contributed by atoms with Crippen LogP contribution >= 0.6 is 35.0 Å². The average Bonchev–Trinajstić information content (AvgIpc) is 3.18. The van der Waals surface area contributed by atoms with Crippen molar-refractivity contribution in [2.24, 2.45) is 10.2 Å². The summed E-state index contributed by atoms with van der Waals surface area (Å²) in [4.78, 5) is 17.5. The number of H-pyrrole nitrogens is 1. The molecule has 1 aromatic heterocycles. The van der Waals surface area contributed by atoms with Gasteiger partial charge in [0.2, 0.25) is 0 Å². The van der Waals surface area contributed by atoms with Crippen LogP contribution in [0.3, 0.4) is 0 Å². The molecule has 0 bridgehead atoms. The van der Waals surface area contributed by atoms with Crippen molar-refractivity contribution < 1.29 is 22.9 Å². The van der Waals surface area contributed by atoms with Gasteiger partial charge in [-0.25, -0.2) is 0 Å². The number of phenolic OH excluding ortho intramolecular Hbond substituents is 1. The quantitative estimate of drug-likeness (QED) is 0.0800. The predicted octanol–water partition coefficient (Wildman–Crippen LogP) is 9.40. The number of halogens is 2. The highest BCUT2D eigenvalue weighted by Crippen LogP contribution is 2.45. The van der Waals surface area contributed by atoms with E-state index in [0.29, 0.717) is 28.4 Å². The van der Waals surface area contributed by atoms with Crippen molar-refractivity contribution in [2.75, 3.05) is 11.6 Å². The lowest BCUT2D eigenvalue weighted by molar-refractivity contribution is 0.102. The second-order valence-corrected chi connectivity index (χ2v) is 13.3. The summed E-state index contributed by atoms with van der Waals surface area (Å²) in [6.45, 7) is 1.88. The zero-order valence-electron chi connectivity index (χ0n) is 23.7. The van der Waals surface area contributed by atoms with Crippen molar-refractivity contribution in [3.05, 3.63) is 99.2 Å². The molecule has 228 valence electrons. The Labute approximate surface area is 272 Å². The van der Waals surface area contributed by atoms with Crippen LogP contribution in [0.5, 0.6) is 5.75 Å². The number of anilines is 1. The van der Waals surface area contributed by atoms with Crippen LogP contribution in [0, 0.1) is 6.92 Å². The fourth-order valence-electron chi connectivity index (χ4n) is 5.24. The molecular formula is C32H24Cl2N4O5S2. The molecule has 0 saturated heterocycles. The fraction of sp³-hybridized carbons (Fsp3) is 0.0938. The number of nitrogens with one attached hydrogen (secondary N) is 2. The van der Waals surface area contributed by atoms with Gasteiger partial charge in [-0.2, -0.15) is 8.42 Å². The average molecular weight is 680 g/mol. The van der Waals surface area contributed by atoms with Crippen molar-refractivity contribution in [3.63, 3.8) is 0 Å². The monoisotopic (exact) mass is 678 g/mol. The van der Waals surface area contributed by atoms with E-state index in [-0.39, 0.29) is 27.0 Å². The van der Waals surface area contributed by atoms with Gasteiger partial charge < -0.3 is 15.4 Å². The highest BCUT2D eigenvalue weighted by Gasteiger charge is 2.23. The second kappa shape index (κ2) is 12.0. The smallest absolute Gasteiger partial charge is 0.296 e. The molecule has 13 heteroatoms. The van der Waals surface area contributed by atoms with Crippen molar-refractivity contribution in [3.8, 4) is 5.75 Å². The summed E-state index contributed by atoms with van der Waals surface area (Å²) < 4.78 is 32.8. The Morgan fingerprint density at radius 2 is 1.84 bits per heavy atom. The minimum Gasteiger partial charge on any atom is -0.505 e. The Hall–Kier alpha value is -4.13. The summed E-state index contributed by atoms with van der Waals surface area (Å²) in [7, 11) is -4.64. The first-order valence-corrected chi connectivity index (χ1v) is 16.9. The number of aromatic amines is 1. The fourth-order valence-corrected chi connectivity index (χ4v) is 7.03. The molecule has 1 aliphatic carbocycles. The number of benzene rings is 4. The van der Waals surface area contributed by atoms with Gasteiger partial charge in [-0.3, -0.25) is 9.35 Å². The SMILES string of the molecule is CSc1ccc(NC(=O)c2cc3ccc4c5c([nH]c4c3c(N=Nc3cc(Cl)c(S(=O)(=O)O)cc3Cl)c2O)C=CC=CC5)c(C)c1. The van der Waals surface area contributed by atoms with Crippen LogP contribution in [0.15, 0.2) is 86.8 Å². The molecule has 0 unspecified atom stereocenters. The maximum atomic E-state index is 13.6. The van der Waals surface area contributed by atoms with E-state index in [9.17, 15) is 22.9 Å². The lowest BCUT2D eigenvalue weighted by atomic mass is 9.98. The van der Waals surface area contributed by atoms with E-state index in [2.05, 4.69) is 20.5 Å². The molecule has 45 heavy (non-hydrogen) atoms. The highest BCUT2D eigenvalue weighted by molar-refractivity contribution is 7.98. The second-order valence-electron chi connectivity index (χ2n) is 10.3. The van der Waals surface area contributed by atoms with Crippen molar-refractivity contribution >= 4 is 95.8 Å². The van der Waals surface area contributed by atoms with Gasteiger partial charge in [-0.15, -0.1) is 22.0 Å². The number of hydrogen-bond acceptors (Lipinski definition) is 7. The number of thioether (sulfide) groups is 1. The van der Waals surface area contributed by atoms with Crippen LogP contribution < -0.4 is 5.32 Å². The third kappa shape index (κ3) is 5.85. The molecule has 0 radical (unpaired) electrons. The molecular weight excluding hydrogens is 655 g/mol. The maximum Gasteiger partial charge on any atom is 0.296 e. The number of phenols is 1. The maximum absolute atomic E-state index is 13.6. The first-order valence-electron chi connectivity index (χ1n) is 13.5. The summed E-state index contributed by atoms with van der Waals surface area (Å²) in [5.41, 5.74) is 4.00. The van der Waals surface area contributed by atoms with E-state index >= 15 is 0 Å². The van der Waals surface area contributed by atoms with Crippen molar-refractivity contribution in [1.82, 2.24) is 4.98 Å². The minimum atomic E-state index is -4.64. The molecule has 1 aliphatic rings. The highest BCUT2D eigenvalue weighted by atomic mass is 35.5. The van der Waals surface area contributed by atoms with E-state index in [1.54, 1.807) is 23.9 Å². The zero-order chi connectivity index (χ0) is 32.0. The molecule has 0 atom stereocenters. The van der Waals surface area contributed by atoms with E-state index in [4.69, 9.17) is 23.2 Å². The Balaban J connectivity index is 1.54. The number of aryl methyl sites for hydroxylation is 1. The summed E-state index contributed by atoms with van der Waals surface area (Å²) >= 11 is 14.0. The number of amides is 1. The van der Waals surface area contributed by atoms with Crippen LogP contribution in [-0.2, 0) is 16.5 Å². The molecule has 0 fully saturated rings. The molecule has 6 rings (SSSR count). The Bertz CT molecular complexity index is 2260. The molecule has 4 aromatic carbocycles. The minimum absolute atomic E-state index is 0.0142. The van der Waals surface area contributed by atoms with Gasteiger partial charge >= 0.3 is 0 Å². The molecule has 0 aliphatic heterocycles. The molecule has 5 aromatic rings. The molecule has 0 spiro atoms. The largest absolute Gasteiger partial charge is 0.505 e. The number of hydrogen-bond donors (Lipinski definition) is 4. The summed E-state index contributed by atoms with van der Waals surface area (Å²) in [6, 6.07) is 13.1.